The fraction of sp³-hybridized carbons (Fsp3) is 0.316. The molecule has 3 rings (SSSR count). The zero-order chi connectivity index (χ0) is 18.4. The standard InChI is InChI=1S/C19H19BrN2O4/c1-24-18(23)19(10-14-6-3-2-4-7-14)11-16(22-26-19)13-25-12-15-8-5-9-17(20)21-15/h2-9H,10-13H2,1H3. The molecular weight excluding hydrogens is 400 g/mol. The maximum absolute atomic E-state index is 12.3. The average molecular weight is 419 g/mol. The number of rotatable bonds is 7. The zero-order valence-electron chi connectivity index (χ0n) is 14.4. The van der Waals surface area contributed by atoms with E-state index >= 15 is 0 Å². The minimum Gasteiger partial charge on any atom is -0.466 e. The van der Waals surface area contributed by atoms with Crippen LogP contribution in [0, 0.1) is 0 Å². The molecule has 0 amide bonds. The van der Waals surface area contributed by atoms with Crippen molar-refractivity contribution < 1.29 is 19.1 Å². The van der Waals surface area contributed by atoms with Gasteiger partial charge in [0.25, 0.3) is 0 Å². The van der Waals surface area contributed by atoms with Gasteiger partial charge in [0.15, 0.2) is 0 Å². The van der Waals surface area contributed by atoms with Crippen LogP contribution >= 0.6 is 15.9 Å². The van der Waals surface area contributed by atoms with Crippen LogP contribution in [0.15, 0.2) is 58.3 Å². The third kappa shape index (κ3) is 4.47. The summed E-state index contributed by atoms with van der Waals surface area (Å²) in [5.74, 6) is -0.436. The van der Waals surface area contributed by atoms with Crippen LogP contribution in [0.3, 0.4) is 0 Å². The number of hydrogen-bond donors (Lipinski definition) is 0. The van der Waals surface area contributed by atoms with Gasteiger partial charge in [0.2, 0.25) is 5.60 Å². The molecule has 0 saturated carbocycles. The van der Waals surface area contributed by atoms with Crippen molar-refractivity contribution in [2.75, 3.05) is 13.7 Å². The summed E-state index contributed by atoms with van der Waals surface area (Å²) >= 11 is 3.33. The molecule has 2 heterocycles. The van der Waals surface area contributed by atoms with Gasteiger partial charge in [-0.05, 0) is 33.6 Å². The Labute approximate surface area is 160 Å². The molecule has 7 heteroatoms. The van der Waals surface area contributed by atoms with Gasteiger partial charge in [0.1, 0.15) is 4.60 Å². The topological polar surface area (TPSA) is 70.0 Å². The second-order valence-corrected chi connectivity index (χ2v) is 6.83. The van der Waals surface area contributed by atoms with Crippen molar-refractivity contribution in [1.29, 1.82) is 0 Å². The molecule has 1 aliphatic heterocycles. The van der Waals surface area contributed by atoms with Gasteiger partial charge < -0.3 is 14.3 Å². The number of carbonyl (C=O) groups excluding carboxylic acids is 1. The number of halogens is 1. The number of hydrogen-bond acceptors (Lipinski definition) is 6. The number of carbonyl (C=O) groups is 1. The fourth-order valence-electron chi connectivity index (χ4n) is 2.82. The fourth-order valence-corrected chi connectivity index (χ4v) is 3.20. The Kier molecular flexibility index (Phi) is 6.00. The van der Waals surface area contributed by atoms with E-state index in [2.05, 4.69) is 26.1 Å². The van der Waals surface area contributed by atoms with Crippen molar-refractivity contribution in [2.24, 2.45) is 5.16 Å². The van der Waals surface area contributed by atoms with Crippen LogP contribution in [-0.4, -0.2) is 36.0 Å². The highest BCUT2D eigenvalue weighted by molar-refractivity contribution is 9.10. The van der Waals surface area contributed by atoms with Crippen LogP contribution in [0.1, 0.15) is 17.7 Å². The summed E-state index contributed by atoms with van der Waals surface area (Å²) in [4.78, 5) is 22.2. The van der Waals surface area contributed by atoms with E-state index < -0.39 is 11.6 Å². The minimum absolute atomic E-state index is 0.266. The first-order chi connectivity index (χ1) is 12.6. The summed E-state index contributed by atoms with van der Waals surface area (Å²) in [6.45, 7) is 0.615. The monoisotopic (exact) mass is 418 g/mol. The quantitative estimate of drug-likeness (QED) is 0.509. The smallest absolute Gasteiger partial charge is 0.353 e. The summed E-state index contributed by atoms with van der Waals surface area (Å²) in [5, 5.41) is 4.06. The molecule has 1 aliphatic rings. The highest BCUT2D eigenvalue weighted by Crippen LogP contribution is 2.30. The summed E-state index contributed by atoms with van der Waals surface area (Å²) in [6, 6.07) is 15.3. The van der Waals surface area contributed by atoms with Crippen LogP contribution in [-0.2, 0) is 32.1 Å². The third-order valence-corrected chi connectivity index (χ3v) is 4.46. The molecule has 0 spiro atoms. The molecule has 0 fully saturated rings. The normalized spacial score (nSPS) is 18.9. The molecule has 1 aromatic carbocycles. The number of ether oxygens (including phenoxy) is 2. The molecule has 1 unspecified atom stereocenters. The van der Waals surface area contributed by atoms with Crippen molar-refractivity contribution in [3.63, 3.8) is 0 Å². The maximum atomic E-state index is 12.3. The molecule has 6 nitrogen and oxygen atoms in total. The Morgan fingerprint density at radius 2 is 2.00 bits per heavy atom. The Morgan fingerprint density at radius 1 is 1.19 bits per heavy atom. The van der Waals surface area contributed by atoms with E-state index in [1.807, 2.05) is 48.5 Å². The van der Waals surface area contributed by atoms with Gasteiger partial charge in [-0.1, -0.05) is 41.6 Å². The van der Waals surface area contributed by atoms with E-state index in [9.17, 15) is 4.79 Å². The van der Waals surface area contributed by atoms with E-state index in [0.717, 1.165) is 15.9 Å². The largest absolute Gasteiger partial charge is 0.466 e. The van der Waals surface area contributed by atoms with Crippen molar-refractivity contribution in [1.82, 2.24) is 4.98 Å². The molecule has 0 aliphatic carbocycles. The molecule has 26 heavy (non-hydrogen) atoms. The van der Waals surface area contributed by atoms with Crippen molar-refractivity contribution in [3.05, 3.63) is 64.4 Å². The Hall–Kier alpha value is -2.25. The first kappa shape index (κ1) is 18.5. The second kappa shape index (κ2) is 8.42. The molecule has 0 saturated heterocycles. The number of aromatic nitrogens is 1. The predicted octanol–water partition coefficient (Wildman–Crippen LogP) is 3.29. The molecule has 1 atom stereocenters. The number of pyridine rings is 1. The highest BCUT2D eigenvalue weighted by Gasteiger charge is 2.47. The average Bonchev–Trinajstić information content (AvgIpc) is 3.06. The molecule has 0 radical (unpaired) electrons. The van der Waals surface area contributed by atoms with Crippen molar-refractivity contribution in [3.8, 4) is 0 Å². The summed E-state index contributed by atoms with van der Waals surface area (Å²) in [7, 11) is 1.35. The van der Waals surface area contributed by atoms with E-state index in [0.29, 0.717) is 25.2 Å². The van der Waals surface area contributed by atoms with Crippen LogP contribution in [0.5, 0.6) is 0 Å². The lowest BCUT2D eigenvalue weighted by Gasteiger charge is -2.23. The van der Waals surface area contributed by atoms with Crippen LogP contribution in [0.25, 0.3) is 0 Å². The number of benzene rings is 1. The first-order valence-corrected chi connectivity index (χ1v) is 8.96. The lowest BCUT2D eigenvalue weighted by molar-refractivity contribution is -0.166. The molecule has 0 N–H and O–H groups in total. The Balaban J connectivity index is 1.60. The van der Waals surface area contributed by atoms with E-state index in [-0.39, 0.29) is 6.61 Å². The zero-order valence-corrected chi connectivity index (χ0v) is 15.9. The van der Waals surface area contributed by atoms with Crippen molar-refractivity contribution in [2.45, 2.75) is 25.0 Å². The SMILES string of the molecule is COC(=O)C1(Cc2ccccc2)CC(COCc2cccc(Br)n2)=NO1. The van der Waals surface area contributed by atoms with E-state index in [1.54, 1.807) is 0 Å². The molecule has 2 aromatic rings. The number of esters is 1. The van der Waals surface area contributed by atoms with Gasteiger partial charge in [-0.2, -0.15) is 0 Å². The van der Waals surface area contributed by atoms with Gasteiger partial charge in [-0.15, -0.1) is 0 Å². The lowest BCUT2D eigenvalue weighted by atomic mass is 9.90. The minimum atomic E-state index is -1.14. The van der Waals surface area contributed by atoms with Gasteiger partial charge in [-0.3, -0.25) is 0 Å². The Bertz CT molecular complexity index is 797. The highest BCUT2D eigenvalue weighted by atomic mass is 79.9. The summed E-state index contributed by atoms with van der Waals surface area (Å²) in [5.41, 5.74) is 1.32. The molecule has 136 valence electrons. The molecular formula is C19H19BrN2O4. The Morgan fingerprint density at radius 3 is 2.73 bits per heavy atom. The maximum Gasteiger partial charge on any atom is 0.353 e. The van der Waals surface area contributed by atoms with Gasteiger partial charge >= 0.3 is 5.97 Å². The van der Waals surface area contributed by atoms with E-state index in [4.69, 9.17) is 14.3 Å². The number of nitrogens with zero attached hydrogens (tertiary/aromatic N) is 2. The van der Waals surface area contributed by atoms with Gasteiger partial charge in [-0.25, -0.2) is 9.78 Å². The summed E-state index contributed by atoms with van der Waals surface area (Å²) < 4.78 is 11.4. The first-order valence-electron chi connectivity index (χ1n) is 8.17. The van der Waals surface area contributed by atoms with Crippen LogP contribution in [0.2, 0.25) is 0 Å². The second-order valence-electron chi connectivity index (χ2n) is 6.02. The predicted molar refractivity (Wildman–Crippen MR) is 99.6 cm³/mol. The van der Waals surface area contributed by atoms with Gasteiger partial charge in [0.05, 0.1) is 31.7 Å². The van der Waals surface area contributed by atoms with Crippen LogP contribution < -0.4 is 0 Å². The third-order valence-electron chi connectivity index (χ3n) is 4.02. The molecule has 1 aromatic heterocycles. The van der Waals surface area contributed by atoms with Crippen molar-refractivity contribution >= 4 is 27.6 Å². The number of oxime groups is 1. The lowest BCUT2D eigenvalue weighted by Crippen LogP contribution is -2.42. The van der Waals surface area contributed by atoms with Crippen LogP contribution in [0.4, 0.5) is 0 Å². The molecule has 0 bridgehead atoms. The van der Waals surface area contributed by atoms with Gasteiger partial charge in [0, 0.05) is 12.8 Å². The number of methoxy groups -OCH3 is 1. The summed E-state index contributed by atoms with van der Waals surface area (Å²) in [6.07, 6.45) is 0.723. The van der Waals surface area contributed by atoms with E-state index in [1.165, 1.54) is 7.11 Å².